The lowest BCUT2D eigenvalue weighted by atomic mass is 10.1. The Labute approximate surface area is 152 Å². The van der Waals surface area contributed by atoms with Crippen LogP contribution in [-0.4, -0.2) is 16.9 Å². The minimum Gasteiger partial charge on any atom is -0.350 e. The van der Waals surface area contributed by atoms with Crippen LogP contribution in [0, 0.1) is 6.92 Å². The van der Waals surface area contributed by atoms with Crippen molar-refractivity contribution in [2.45, 2.75) is 32.7 Å². The molecule has 1 N–H and O–H groups in total. The molecule has 0 saturated heterocycles. The third kappa shape index (κ3) is 4.77. The fraction of sp³-hybridized carbons (Fsp3) is 0.238. The van der Waals surface area contributed by atoms with E-state index in [0.29, 0.717) is 5.56 Å². The third-order valence-electron chi connectivity index (χ3n) is 4.10. The van der Waals surface area contributed by atoms with E-state index < -0.39 is 0 Å². The number of amides is 1. The van der Waals surface area contributed by atoms with Crippen LogP contribution in [0.1, 0.15) is 34.1 Å². The van der Waals surface area contributed by atoms with Gasteiger partial charge in [0.25, 0.3) is 5.91 Å². The average Bonchev–Trinajstić information content (AvgIpc) is 3.07. The van der Waals surface area contributed by atoms with E-state index in [1.54, 1.807) is 23.6 Å². The fourth-order valence-electron chi connectivity index (χ4n) is 2.69. The highest BCUT2D eigenvalue weighted by Gasteiger charge is 2.12. The summed E-state index contributed by atoms with van der Waals surface area (Å²) < 4.78 is 0. The second-order valence-corrected chi connectivity index (χ2v) is 7.53. The molecule has 0 aliphatic rings. The van der Waals surface area contributed by atoms with Crippen molar-refractivity contribution >= 4 is 17.2 Å². The van der Waals surface area contributed by atoms with Crippen molar-refractivity contribution in [2.24, 2.45) is 0 Å². The van der Waals surface area contributed by atoms with Gasteiger partial charge in [0, 0.05) is 22.7 Å². The van der Waals surface area contributed by atoms with Gasteiger partial charge in [-0.3, -0.25) is 9.78 Å². The minimum absolute atomic E-state index is 0.0440. The van der Waals surface area contributed by atoms with Crippen LogP contribution in [0.2, 0.25) is 0 Å². The Morgan fingerprint density at radius 1 is 1.16 bits per heavy atom. The number of nitrogens with one attached hydrogen (secondary N) is 1. The van der Waals surface area contributed by atoms with Gasteiger partial charge in [-0.1, -0.05) is 30.3 Å². The lowest BCUT2D eigenvalue weighted by Crippen LogP contribution is -2.32. The summed E-state index contributed by atoms with van der Waals surface area (Å²) in [7, 11) is 0. The Morgan fingerprint density at radius 2 is 1.96 bits per heavy atom. The molecule has 0 saturated carbocycles. The second-order valence-electron chi connectivity index (χ2n) is 6.24. The molecule has 0 spiro atoms. The summed E-state index contributed by atoms with van der Waals surface area (Å²) in [5.74, 6) is -0.0440. The van der Waals surface area contributed by atoms with Gasteiger partial charge < -0.3 is 5.32 Å². The lowest BCUT2D eigenvalue weighted by molar-refractivity contribution is 0.0938. The molecule has 3 nitrogen and oxygen atoms in total. The molecule has 0 radical (unpaired) electrons. The van der Waals surface area contributed by atoms with Gasteiger partial charge in [-0.15, -0.1) is 11.3 Å². The predicted molar refractivity (Wildman–Crippen MR) is 104 cm³/mol. The largest absolute Gasteiger partial charge is 0.350 e. The molecule has 3 aromatic rings. The molecule has 128 valence electrons. The molecule has 0 aliphatic carbocycles. The summed E-state index contributed by atoms with van der Waals surface area (Å²) in [6.07, 6.45) is 3.57. The summed E-state index contributed by atoms with van der Waals surface area (Å²) in [6.45, 7) is 4.12. The van der Waals surface area contributed by atoms with Gasteiger partial charge in [-0.05, 0) is 56.5 Å². The van der Waals surface area contributed by atoms with E-state index >= 15 is 0 Å². The third-order valence-corrected chi connectivity index (χ3v) is 5.12. The van der Waals surface area contributed by atoms with Crippen LogP contribution in [0.25, 0.3) is 10.6 Å². The smallest absolute Gasteiger partial charge is 0.251 e. The number of aromatic nitrogens is 1. The topological polar surface area (TPSA) is 42.0 Å². The van der Waals surface area contributed by atoms with Gasteiger partial charge in [-0.2, -0.15) is 0 Å². The first kappa shape index (κ1) is 17.4. The molecule has 25 heavy (non-hydrogen) atoms. The highest BCUT2D eigenvalue weighted by molar-refractivity contribution is 7.15. The van der Waals surface area contributed by atoms with Crippen molar-refractivity contribution in [3.05, 3.63) is 76.8 Å². The maximum atomic E-state index is 12.5. The Bertz CT molecular complexity index is 842. The second kappa shape index (κ2) is 8.08. The maximum Gasteiger partial charge on any atom is 0.251 e. The van der Waals surface area contributed by atoms with E-state index in [9.17, 15) is 4.79 Å². The van der Waals surface area contributed by atoms with Crippen molar-refractivity contribution in [2.75, 3.05) is 0 Å². The van der Waals surface area contributed by atoms with Crippen LogP contribution >= 0.6 is 11.3 Å². The van der Waals surface area contributed by atoms with Crippen molar-refractivity contribution in [3.63, 3.8) is 0 Å². The van der Waals surface area contributed by atoms with Crippen molar-refractivity contribution < 1.29 is 4.79 Å². The maximum absolute atomic E-state index is 12.5. The van der Waals surface area contributed by atoms with Crippen LogP contribution in [0.5, 0.6) is 0 Å². The van der Waals surface area contributed by atoms with E-state index in [-0.39, 0.29) is 11.9 Å². The SMILES string of the molecule is Cc1ccc(-c2cc(C(=O)NC(C)CCc3ccccc3)ccn2)s1. The Balaban J connectivity index is 1.61. The molecular formula is C21H22N2OS. The number of benzene rings is 1. The Morgan fingerprint density at radius 3 is 2.68 bits per heavy atom. The lowest BCUT2D eigenvalue weighted by Gasteiger charge is -2.14. The molecule has 1 aromatic carbocycles. The monoisotopic (exact) mass is 350 g/mol. The minimum atomic E-state index is -0.0440. The molecule has 1 amide bonds. The number of aryl methyl sites for hydroxylation is 2. The van der Waals surface area contributed by atoms with Crippen LogP contribution in [-0.2, 0) is 6.42 Å². The molecule has 3 rings (SSSR count). The van der Waals surface area contributed by atoms with Crippen molar-refractivity contribution in [3.8, 4) is 10.6 Å². The molecule has 0 aliphatic heterocycles. The highest BCUT2D eigenvalue weighted by atomic mass is 32.1. The Kier molecular flexibility index (Phi) is 5.61. The predicted octanol–water partition coefficient (Wildman–Crippen LogP) is 4.87. The van der Waals surface area contributed by atoms with Gasteiger partial charge in [-0.25, -0.2) is 0 Å². The van der Waals surface area contributed by atoms with E-state index in [4.69, 9.17) is 0 Å². The quantitative estimate of drug-likeness (QED) is 0.689. The highest BCUT2D eigenvalue weighted by Crippen LogP contribution is 2.26. The summed E-state index contributed by atoms with van der Waals surface area (Å²) in [5, 5.41) is 3.09. The number of carbonyl (C=O) groups is 1. The van der Waals surface area contributed by atoms with Gasteiger partial charge >= 0.3 is 0 Å². The number of carbonyl (C=O) groups excluding carboxylic acids is 1. The van der Waals surface area contributed by atoms with Gasteiger partial charge in [0.05, 0.1) is 10.6 Å². The molecule has 2 heterocycles. The number of nitrogens with zero attached hydrogens (tertiary/aromatic N) is 1. The number of rotatable bonds is 6. The van der Waals surface area contributed by atoms with Crippen LogP contribution in [0.4, 0.5) is 0 Å². The number of hydrogen-bond donors (Lipinski definition) is 1. The number of hydrogen-bond acceptors (Lipinski definition) is 3. The van der Waals surface area contributed by atoms with Crippen LogP contribution in [0.3, 0.4) is 0 Å². The summed E-state index contributed by atoms with van der Waals surface area (Å²) in [5.41, 5.74) is 2.80. The van der Waals surface area contributed by atoms with Crippen LogP contribution < -0.4 is 5.32 Å². The molecule has 1 unspecified atom stereocenters. The first-order chi connectivity index (χ1) is 12.1. The summed E-state index contributed by atoms with van der Waals surface area (Å²) in [4.78, 5) is 19.2. The average molecular weight is 350 g/mol. The zero-order valence-electron chi connectivity index (χ0n) is 14.5. The number of pyridine rings is 1. The van der Waals surface area contributed by atoms with E-state index in [0.717, 1.165) is 23.4 Å². The van der Waals surface area contributed by atoms with Crippen molar-refractivity contribution in [1.82, 2.24) is 10.3 Å². The molecule has 1 atom stereocenters. The fourth-order valence-corrected chi connectivity index (χ4v) is 3.52. The molecule has 4 heteroatoms. The van der Waals surface area contributed by atoms with Gasteiger partial charge in [0.2, 0.25) is 0 Å². The van der Waals surface area contributed by atoms with Crippen molar-refractivity contribution in [1.29, 1.82) is 0 Å². The number of thiophene rings is 1. The first-order valence-corrected chi connectivity index (χ1v) is 9.31. The first-order valence-electron chi connectivity index (χ1n) is 8.49. The van der Waals surface area contributed by atoms with E-state index in [1.807, 2.05) is 37.3 Å². The normalized spacial score (nSPS) is 11.9. The van der Waals surface area contributed by atoms with Crippen LogP contribution in [0.15, 0.2) is 60.8 Å². The standard InChI is InChI=1S/C21H22N2OS/c1-15(8-10-17-6-4-3-5-7-17)23-21(24)18-12-13-22-19(14-18)20-11-9-16(2)25-20/h3-7,9,11-15H,8,10H2,1-2H3,(H,23,24). The zero-order valence-corrected chi connectivity index (χ0v) is 15.3. The summed E-state index contributed by atoms with van der Waals surface area (Å²) >= 11 is 1.69. The van der Waals surface area contributed by atoms with E-state index in [2.05, 4.69) is 35.4 Å². The molecule has 0 fully saturated rings. The molecule has 0 bridgehead atoms. The molecule has 2 aromatic heterocycles. The van der Waals surface area contributed by atoms with Gasteiger partial charge in [0.15, 0.2) is 0 Å². The Hall–Kier alpha value is -2.46. The van der Waals surface area contributed by atoms with Gasteiger partial charge in [0.1, 0.15) is 0 Å². The van der Waals surface area contributed by atoms with E-state index in [1.165, 1.54) is 10.4 Å². The zero-order chi connectivity index (χ0) is 17.6. The summed E-state index contributed by atoms with van der Waals surface area (Å²) in [6, 6.07) is 18.2. The molecular weight excluding hydrogens is 328 g/mol.